The first-order valence-corrected chi connectivity index (χ1v) is 8.37. The molecule has 0 spiro atoms. The minimum Gasteiger partial charge on any atom is -0.365 e. The largest absolute Gasteiger partial charge is 0.365 e. The summed E-state index contributed by atoms with van der Waals surface area (Å²) in [6, 6.07) is 2.53. The van der Waals surface area contributed by atoms with E-state index in [0.29, 0.717) is 12.0 Å². The van der Waals surface area contributed by atoms with Crippen molar-refractivity contribution in [3.63, 3.8) is 0 Å². The zero-order valence-electron chi connectivity index (χ0n) is 13.8. The molecule has 0 bridgehead atoms. The summed E-state index contributed by atoms with van der Waals surface area (Å²) in [4.78, 5) is 4.53. The van der Waals surface area contributed by atoms with Gasteiger partial charge in [-0.1, -0.05) is 0 Å². The molecule has 0 aromatic carbocycles. The number of pyridine rings is 1. The van der Waals surface area contributed by atoms with E-state index in [-0.39, 0.29) is 0 Å². The summed E-state index contributed by atoms with van der Waals surface area (Å²) in [6.07, 6.45) is 5.03. The summed E-state index contributed by atoms with van der Waals surface area (Å²) >= 11 is 0. The van der Waals surface area contributed by atoms with Crippen molar-refractivity contribution >= 4 is 16.9 Å². The van der Waals surface area contributed by atoms with Gasteiger partial charge in [0.15, 0.2) is 11.5 Å². The Labute approximate surface area is 132 Å². The number of hydrogen-bond acceptors (Lipinski definition) is 4. The Hall–Kier alpha value is -1.62. The van der Waals surface area contributed by atoms with Gasteiger partial charge in [0.2, 0.25) is 0 Å². The predicted molar refractivity (Wildman–Crippen MR) is 90.9 cm³/mol. The summed E-state index contributed by atoms with van der Waals surface area (Å²) in [7, 11) is 0. The molecule has 4 N–H and O–H groups in total. The number of fused-ring (bicyclic) bond motifs is 1. The lowest BCUT2D eigenvalue weighted by atomic mass is 9.79. The number of H-pyrrole nitrogens is 1. The SMILES string of the molecule is Cc1cc(C)c2c(NC(C)C3CCC(CN)CC3)n[nH]c2n1. The van der Waals surface area contributed by atoms with Crippen molar-refractivity contribution in [1.82, 2.24) is 15.2 Å². The third-order valence-corrected chi connectivity index (χ3v) is 5.15. The topological polar surface area (TPSA) is 79.6 Å². The van der Waals surface area contributed by atoms with Gasteiger partial charge in [-0.3, -0.25) is 5.10 Å². The third kappa shape index (κ3) is 2.95. The van der Waals surface area contributed by atoms with Gasteiger partial charge in [0.25, 0.3) is 0 Å². The second-order valence-corrected chi connectivity index (χ2v) is 6.83. The first-order valence-electron chi connectivity index (χ1n) is 8.37. The molecule has 0 radical (unpaired) electrons. The molecule has 1 aliphatic rings. The van der Waals surface area contributed by atoms with Crippen molar-refractivity contribution in [3.05, 3.63) is 17.3 Å². The monoisotopic (exact) mass is 301 g/mol. The van der Waals surface area contributed by atoms with Crippen LogP contribution in [0, 0.1) is 25.7 Å². The van der Waals surface area contributed by atoms with Crippen molar-refractivity contribution in [2.45, 2.75) is 52.5 Å². The first-order chi connectivity index (χ1) is 10.6. The summed E-state index contributed by atoms with van der Waals surface area (Å²) in [5.41, 5.74) is 8.90. The molecule has 3 rings (SSSR count). The molecule has 1 saturated carbocycles. The maximum Gasteiger partial charge on any atom is 0.157 e. The van der Waals surface area contributed by atoms with E-state index in [2.05, 4.69) is 40.4 Å². The Morgan fingerprint density at radius 3 is 2.73 bits per heavy atom. The molecule has 2 aromatic heterocycles. The van der Waals surface area contributed by atoms with E-state index in [9.17, 15) is 0 Å². The van der Waals surface area contributed by atoms with Crippen LogP contribution in [-0.4, -0.2) is 27.8 Å². The molecule has 5 heteroatoms. The summed E-state index contributed by atoms with van der Waals surface area (Å²) < 4.78 is 0. The number of anilines is 1. The van der Waals surface area contributed by atoms with Crippen molar-refractivity contribution in [3.8, 4) is 0 Å². The zero-order chi connectivity index (χ0) is 15.7. The second kappa shape index (κ2) is 6.24. The van der Waals surface area contributed by atoms with E-state index in [1.54, 1.807) is 0 Å². The molecule has 1 unspecified atom stereocenters. The van der Waals surface area contributed by atoms with Crippen LogP contribution in [0.5, 0.6) is 0 Å². The highest BCUT2D eigenvalue weighted by atomic mass is 15.2. The number of hydrogen-bond donors (Lipinski definition) is 3. The highest BCUT2D eigenvalue weighted by Gasteiger charge is 2.25. The van der Waals surface area contributed by atoms with Crippen molar-refractivity contribution in [2.24, 2.45) is 17.6 Å². The van der Waals surface area contributed by atoms with Gasteiger partial charge in [0, 0.05) is 11.7 Å². The smallest absolute Gasteiger partial charge is 0.157 e. The number of nitrogens with two attached hydrogens (primary N) is 1. The average Bonchev–Trinajstić information content (AvgIpc) is 2.90. The molecule has 0 saturated heterocycles. The van der Waals surface area contributed by atoms with Crippen LogP contribution in [0.1, 0.15) is 43.9 Å². The summed E-state index contributed by atoms with van der Waals surface area (Å²) in [5.74, 6) is 2.37. The van der Waals surface area contributed by atoms with Gasteiger partial charge in [-0.15, -0.1) is 0 Å². The number of aromatic amines is 1. The highest BCUT2D eigenvalue weighted by molar-refractivity contribution is 5.90. The van der Waals surface area contributed by atoms with Gasteiger partial charge in [0.1, 0.15) is 0 Å². The second-order valence-electron chi connectivity index (χ2n) is 6.83. The predicted octanol–water partition coefficient (Wildman–Crippen LogP) is 3.14. The minimum atomic E-state index is 0.422. The number of nitrogens with zero attached hydrogens (tertiary/aromatic N) is 2. The van der Waals surface area contributed by atoms with Crippen molar-refractivity contribution < 1.29 is 0 Å². The average molecular weight is 301 g/mol. The molecule has 2 heterocycles. The molecule has 2 aromatic rings. The lowest BCUT2D eigenvalue weighted by molar-refractivity contribution is 0.261. The lowest BCUT2D eigenvalue weighted by Gasteiger charge is -2.32. The van der Waals surface area contributed by atoms with Crippen LogP contribution in [0.15, 0.2) is 6.07 Å². The van der Waals surface area contributed by atoms with E-state index in [4.69, 9.17) is 5.73 Å². The van der Waals surface area contributed by atoms with E-state index in [1.165, 1.54) is 31.2 Å². The number of aryl methyl sites for hydroxylation is 2. The maximum atomic E-state index is 5.79. The maximum absolute atomic E-state index is 5.79. The molecular weight excluding hydrogens is 274 g/mol. The van der Waals surface area contributed by atoms with E-state index in [0.717, 1.165) is 35.0 Å². The third-order valence-electron chi connectivity index (χ3n) is 5.15. The quantitative estimate of drug-likeness (QED) is 0.810. The normalized spacial score (nSPS) is 23.6. The van der Waals surface area contributed by atoms with Crippen LogP contribution in [0.4, 0.5) is 5.82 Å². The molecule has 1 atom stereocenters. The Morgan fingerprint density at radius 2 is 2.05 bits per heavy atom. The van der Waals surface area contributed by atoms with Gasteiger partial charge in [-0.2, -0.15) is 5.10 Å². The zero-order valence-corrected chi connectivity index (χ0v) is 13.8. The van der Waals surface area contributed by atoms with Gasteiger partial charge < -0.3 is 11.1 Å². The Balaban J connectivity index is 1.73. The molecule has 1 fully saturated rings. The number of aromatic nitrogens is 3. The highest BCUT2D eigenvalue weighted by Crippen LogP contribution is 2.32. The summed E-state index contributed by atoms with van der Waals surface area (Å²) in [5, 5.41) is 12.2. The van der Waals surface area contributed by atoms with Crippen LogP contribution in [0.3, 0.4) is 0 Å². The van der Waals surface area contributed by atoms with Crippen LogP contribution in [0.25, 0.3) is 11.0 Å². The lowest BCUT2D eigenvalue weighted by Crippen LogP contribution is -2.31. The van der Waals surface area contributed by atoms with E-state index >= 15 is 0 Å². The van der Waals surface area contributed by atoms with Gasteiger partial charge >= 0.3 is 0 Å². The molecule has 0 amide bonds. The minimum absolute atomic E-state index is 0.422. The summed E-state index contributed by atoms with van der Waals surface area (Å²) in [6.45, 7) is 7.24. The number of nitrogens with one attached hydrogen (secondary N) is 2. The standard InChI is InChI=1S/C17H27N5/c1-10-8-11(2)19-16-15(10)17(22-21-16)20-12(3)14-6-4-13(9-18)5-7-14/h8,12-14H,4-7,9,18H2,1-3H3,(H2,19,20,21,22). The Morgan fingerprint density at radius 1 is 1.32 bits per heavy atom. The fourth-order valence-electron chi connectivity index (χ4n) is 3.74. The molecule has 120 valence electrons. The van der Waals surface area contributed by atoms with E-state index < -0.39 is 0 Å². The van der Waals surface area contributed by atoms with Gasteiger partial charge in [0.05, 0.1) is 5.39 Å². The Kier molecular flexibility index (Phi) is 4.34. The Bertz CT molecular complexity index is 640. The van der Waals surface area contributed by atoms with Gasteiger partial charge in [-0.05, 0) is 76.5 Å². The number of rotatable bonds is 4. The van der Waals surface area contributed by atoms with E-state index in [1.807, 2.05) is 6.92 Å². The van der Waals surface area contributed by atoms with Crippen LogP contribution < -0.4 is 11.1 Å². The fourth-order valence-corrected chi connectivity index (χ4v) is 3.74. The van der Waals surface area contributed by atoms with Crippen molar-refractivity contribution in [1.29, 1.82) is 0 Å². The fraction of sp³-hybridized carbons (Fsp3) is 0.647. The molecular formula is C17H27N5. The van der Waals surface area contributed by atoms with Crippen LogP contribution in [-0.2, 0) is 0 Å². The molecule has 0 aliphatic heterocycles. The molecule has 5 nitrogen and oxygen atoms in total. The van der Waals surface area contributed by atoms with Crippen LogP contribution >= 0.6 is 0 Å². The first kappa shape index (κ1) is 15.3. The van der Waals surface area contributed by atoms with Gasteiger partial charge in [-0.25, -0.2) is 4.98 Å². The molecule has 1 aliphatic carbocycles. The van der Waals surface area contributed by atoms with Crippen LogP contribution in [0.2, 0.25) is 0 Å². The molecule has 22 heavy (non-hydrogen) atoms. The van der Waals surface area contributed by atoms with Crippen molar-refractivity contribution in [2.75, 3.05) is 11.9 Å².